The highest BCUT2D eigenvalue weighted by Gasteiger charge is 2.16. The van der Waals surface area contributed by atoms with Gasteiger partial charge in [-0.1, -0.05) is 13.8 Å². The first kappa shape index (κ1) is 13.4. The Labute approximate surface area is 99.9 Å². The van der Waals surface area contributed by atoms with E-state index in [0.29, 0.717) is 12.0 Å². The van der Waals surface area contributed by atoms with Gasteiger partial charge in [0.25, 0.3) is 5.91 Å². The number of pyridine rings is 1. The average Bonchev–Trinajstić information content (AvgIpc) is 2.29. The van der Waals surface area contributed by atoms with E-state index < -0.39 is 0 Å². The van der Waals surface area contributed by atoms with Crippen molar-refractivity contribution >= 4 is 5.91 Å². The van der Waals surface area contributed by atoms with Crippen molar-refractivity contribution in [3.8, 4) is 0 Å². The first-order chi connectivity index (χ1) is 8.04. The second-order valence-corrected chi connectivity index (χ2v) is 4.28. The number of aromatic nitrogens is 1. The SMILES string of the molecule is CC(C)C(CCO)NC(=O)c1ccc(=O)[nH]c1. The fraction of sp³-hybridized carbons (Fsp3) is 0.500. The van der Waals surface area contributed by atoms with E-state index in [0.717, 1.165) is 0 Å². The number of H-pyrrole nitrogens is 1. The first-order valence-electron chi connectivity index (χ1n) is 5.65. The van der Waals surface area contributed by atoms with Crippen LogP contribution in [0.1, 0.15) is 30.6 Å². The summed E-state index contributed by atoms with van der Waals surface area (Å²) in [6, 6.07) is 2.72. The predicted octanol–water partition coefficient (Wildman–Crippen LogP) is 0.512. The Morgan fingerprint density at radius 2 is 2.18 bits per heavy atom. The molecule has 0 saturated heterocycles. The Balaban J connectivity index is 2.70. The van der Waals surface area contributed by atoms with Crippen molar-refractivity contribution in [2.24, 2.45) is 5.92 Å². The minimum Gasteiger partial charge on any atom is -0.396 e. The van der Waals surface area contributed by atoms with Gasteiger partial charge in [-0.25, -0.2) is 0 Å². The fourth-order valence-corrected chi connectivity index (χ4v) is 1.51. The Morgan fingerprint density at radius 1 is 1.47 bits per heavy atom. The van der Waals surface area contributed by atoms with Gasteiger partial charge in [0.2, 0.25) is 5.56 Å². The van der Waals surface area contributed by atoms with Gasteiger partial charge in [-0.2, -0.15) is 0 Å². The van der Waals surface area contributed by atoms with Gasteiger partial charge >= 0.3 is 0 Å². The maximum Gasteiger partial charge on any atom is 0.252 e. The molecule has 0 radical (unpaired) electrons. The van der Waals surface area contributed by atoms with E-state index in [2.05, 4.69) is 10.3 Å². The number of hydrogen-bond donors (Lipinski definition) is 3. The molecule has 3 N–H and O–H groups in total. The normalized spacial score (nSPS) is 12.5. The van der Waals surface area contributed by atoms with Crippen molar-refractivity contribution < 1.29 is 9.90 Å². The second-order valence-electron chi connectivity index (χ2n) is 4.28. The molecular weight excluding hydrogens is 220 g/mol. The third-order valence-corrected chi connectivity index (χ3v) is 2.61. The van der Waals surface area contributed by atoms with Gasteiger partial charge < -0.3 is 15.4 Å². The molecule has 0 fully saturated rings. The topological polar surface area (TPSA) is 82.2 Å². The number of rotatable bonds is 5. The summed E-state index contributed by atoms with van der Waals surface area (Å²) in [7, 11) is 0. The van der Waals surface area contributed by atoms with Gasteiger partial charge in [0.05, 0.1) is 5.56 Å². The third-order valence-electron chi connectivity index (χ3n) is 2.61. The Bertz CT molecular complexity index is 406. The van der Waals surface area contributed by atoms with E-state index in [1.165, 1.54) is 18.3 Å². The fourth-order valence-electron chi connectivity index (χ4n) is 1.51. The van der Waals surface area contributed by atoms with Crippen molar-refractivity contribution in [2.75, 3.05) is 6.61 Å². The molecule has 0 spiro atoms. The summed E-state index contributed by atoms with van der Waals surface area (Å²) in [6.07, 6.45) is 1.90. The van der Waals surface area contributed by atoms with Gasteiger partial charge in [0.15, 0.2) is 0 Å². The maximum atomic E-state index is 11.8. The van der Waals surface area contributed by atoms with Gasteiger partial charge in [-0.15, -0.1) is 0 Å². The summed E-state index contributed by atoms with van der Waals surface area (Å²) in [5.41, 5.74) is 0.172. The van der Waals surface area contributed by atoms with Crippen molar-refractivity contribution in [3.63, 3.8) is 0 Å². The number of nitrogens with one attached hydrogen (secondary N) is 2. The molecule has 1 unspecified atom stereocenters. The Kier molecular flexibility index (Phi) is 4.90. The molecule has 0 aromatic carbocycles. The van der Waals surface area contributed by atoms with Crippen LogP contribution in [0, 0.1) is 5.92 Å². The van der Waals surface area contributed by atoms with Crippen molar-refractivity contribution in [1.82, 2.24) is 10.3 Å². The lowest BCUT2D eigenvalue weighted by Gasteiger charge is -2.21. The van der Waals surface area contributed by atoms with Gasteiger partial charge in [0.1, 0.15) is 0 Å². The Hall–Kier alpha value is -1.62. The lowest BCUT2D eigenvalue weighted by atomic mass is 10.0. The molecule has 1 amide bonds. The molecule has 0 aliphatic heterocycles. The molecule has 1 atom stereocenters. The van der Waals surface area contributed by atoms with E-state index in [9.17, 15) is 9.59 Å². The van der Waals surface area contributed by atoms with Crippen LogP contribution in [0.25, 0.3) is 0 Å². The van der Waals surface area contributed by atoms with Crippen molar-refractivity contribution in [1.29, 1.82) is 0 Å². The van der Waals surface area contributed by atoms with Crippen LogP contribution in [0.3, 0.4) is 0 Å². The summed E-state index contributed by atoms with van der Waals surface area (Å²) >= 11 is 0. The van der Waals surface area contributed by atoms with Crippen LogP contribution in [-0.4, -0.2) is 28.6 Å². The van der Waals surface area contributed by atoms with E-state index in [1.807, 2.05) is 13.8 Å². The largest absolute Gasteiger partial charge is 0.396 e. The quantitative estimate of drug-likeness (QED) is 0.699. The molecule has 1 aromatic rings. The molecule has 1 heterocycles. The number of carbonyl (C=O) groups excluding carboxylic acids is 1. The lowest BCUT2D eigenvalue weighted by molar-refractivity contribution is 0.0916. The molecule has 0 bridgehead atoms. The molecule has 0 aliphatic carbocycles. The Morgan fingerprint density at radius 3 is 2.65 bits per heavy atom. The third kappa shape index (κ3) is 4.03. The van der Waals surface area contributed by atoms with E-state index in [-0.39, 0.29) is 30.0 Å². The van der Waals surface area contributed by atoms with Crippen molar-refractivity contribution in [2.45, 2.75) is 26.3 Å². The predicted molar refractivity (Wildman–Crippen MR) is 64.9 cm³/mol. The average molecular weight is 238 g/mol. The molecule has 1 rings (SSSR count). The van der Waals surface area contributed by atoms with E-state index in [1.54, 1.807) is 0 Å². The van der Waals surface area contributed by atoms with Gasteiger partial charge in [0, 0.05) is 24.9 Å². The minimum absolute atomic E-state index is 0.0365. The number of aliphatic hydroxyl groups excluding tert-OH is 1. The number of hydrogen-bond acceptors (Lipinski definition) is 3. The molecule has 17 heavy (non-hydrogen) atoms. The molecule has 1 aromatic heterocycles. The number of carbonyl (C=O) groups is 1. The number of aromatic amines is 1. The zero-order valence-electron chi connectivity index (χ0n) is 10.1. The first-order valence-corrected chi connectivity index (χ1v) is 5.65. The van der Waals surface area contributed by atoms with Crippen LogP contribution in [0.5, 0.6) is 0 Å². The monoisotopic (exact) mass is 238 g/mol. The summed E-state index contributed by atoms with van der Waals surface area (Å²) in [4.78, 5) is 25.1. The van der Waals surface area contributed by atoms with Crippen molar-refractivity contribution in [3.05, 3.63) is 34.2 Å². The lowest BCUT2D eigenvalue weighted by Crippen LogP contribution is -2.39. The second kappa shape index (κ2) is 6.20. The van der Waals surface area contributed by atoms with E-state index >= 15 is 0 Å². The molecule has 0 aliphatic rings. The number of aliphatic hydroxyl groups is 1. The molecule has 0 saturated carbocycles. The molecule has 5 heteroatoms. The molecule has 94 valence electrons. The maximum absolute atomic E-state index is 11.8. The highest BCUT2D eigenvalue weighted by Crippen LogP contribution is 2.06. The van der Waals surface area contributed by atoms with Gasteiger partial charge in [-0.3, -0.25) is 9.59 Å². The molecule has 5 nitrogen and oxygen atoms in total. The van der Waals surface area contributed by atoms with Crippen LogP contribution in [0.15, 0.2) is 23.1 Å². The van der Waals surface area contributed by atoms with Crippen LogP contribution >= 0.6 is 0 Å². The van der Waals surface area contributed by atoms with Crippen LogP contribution < -0.4 is 10.9 Å². The summed E-state index contributed by atoms with van der Waals surface area (Å²) in [6.45, 7) is 4.00. The molecular formula is C12H18N2O3. The zero-order chi connectivity index (χ0) is 12.8. The van der Waals surface area contributed by atoms with Gasteiger partial charge in [-0.05, 0) is 18.4 Å². The van der Waals surface area contributed by atoms with Crippen LogP contribution in [0.4, 0.5) is 0 Å². The highest BCUT2D eigenvalue weighted by molar-refractivity contribution is 5.94. The summed E-state index contributed by atoms with van der Waals surface area (Å²) < 4.78 is 0. The number of amides is 1. The smallest absolute Gasteiger partial charge is 0.252 e. The summed E-state index contributed by atoms with van der Waals surface area (Å²) in [5.74, 6) is 0.00209. The summed E-state index contributed by atoms with van der Waals surface area (Å²) in [5, 5.41) is 11.7. The van der Waals surface area contributed by atoms with E-state index in [4.69, 9.17) is 5.11 Å². The zero-order valence-corrected chi connectivity index (χ0v) is 10.1. The standard InChI is InChI=1S/C12H18N2O3/c1-8(2)10(5-6-15)14-12(17)9-3-4-11(16)13-7-9/h3-4,7-8,10,15H,5-6H2,1-2H3,(H,13,16)(H,14,17). The highest BCUT2D eigenvalue weighted by atomic mass is 16.3. The van der Waals surface area contributed by atoms with Crippen LogP contribution in [0.2, 0.25) is 0 Å². The minimum atomic E-state index is -0.242. The van der Waals surface area contributed by atoms with Crippen LogP contribution in [-0.2, 0) is 0 Å².